The SMILES string of the molecule is C=C(NC)c1cc2ccccc2[nH]1. The highest BCUT2D eigenvalue weighted by Crippen LogP contribution is 2.17. The number of hydrogen-bond donors (Lipinski definition) is 2. The van der Waals surface area contributed by atoms with E-state index in [1.54, 1.807) is 0 Å². The summed E-state index contributed by atoms with van der Waals surface area (Å²) in [6.45, 7) is 3.90. The van der Waals surface area contributed by atoms with Crippen LogP contribution in [-0.4, -0.2) is 12.0 Å². The number of H-pyrrole nitrogens is 1. The lowest BCUT2D eigenvalue weighted by Gasteiger charge is -1.99. The number of nitrogens with one attached hydrogen (secondary N) is 2. The Bertz CT molecular complexity index is 407. The number of aromatic nitrogens is 1. The van der Waals surface area contributed by atoms with E-state index >= 15 is 0 Å². The fourth-order valence-corrected chi connectivity index (χ4v) is 1.37. The Kier molecular flexibility index (Phi) is 1.81. The lowest BCUT2D eigenvalue weighted by Crippen LogP contribution is -2.02. The van der Waals surface area contributed by atoms with Crippen LogP contribution in [0.4, 0.5) is 0 Å². The molecule has 2 N–H and O–H groups in total. The maximum absolute atomic E-state index is 3.90. The van der Waals surface area contributed by atoms with Crippen molar-refractivity contribution in [1.29, 1.82) is 0 Å². The number of benzene rings is 1. The summed E-state index contributed by atoms with van der Waals surface area (Å²) in [6, 6.07) is 10.3. The Morgan fingerprint density at radius 1 is 1.38 bits per heavy atom. The number of hydrogen-bond acceptors (Lipinski definition) is 1. The Morgan fingerprint density at radius 3 is 2.85 bits per heavy atom. The zero-order chi connectivity index (χ0) is 9.26. The molecule has 2 nitrogen and oxygen atoms in total. The Morgan fingerprint density at radius 2 is 2.15 bits per heavy atom. The van der Waals surface area contributed by atoms with Crippen molar-refractivity contribution in [2.45, 2.75) is 0 Å². The fraction of sp³-hybridized carbons (Fsp3) is 0.0909. The second kappa shape index (κ2) is 2.98. The van der Waals surface area contributed by atoms with E-state index in [2.05, 4.69) is 35.1 Å². The number of rotatable bonds is 2. The van der Waals surface area contributed by atoms with Crippen LogP contribution < -0.4 is 5.32 Å². The lowest BCUT2D eigenvalue weighted by molar-refractivity contribution is 1.11. The molecule has 0 saturated carbocycles. The van der Waals surface area contributed by atoms with Crippen molar-refractivity contribution in [3.05, 3.63) is 42.6 Å². The Labute approximate surface area is 77.3 Å². The molecule has 0 saturated heterocycles. The molecular formula is C11H12N2. The van der Waals surface area contributed by atoms with E-state index in [1.165, 1.54) is 5.39 Å². The van der Waals surface area contributed by atoms with Crippen LogP contribution in [0.25, 0.3) is 16.6 Å². The van der Waals surface area contributed by atoms with Gasteiger partial charge in [-0.25, -0.2) is 0 Å². The van der Waals surface area contributed by atoms with Crippen molar-refractivity contribution < 1.29 is 0 Å². The van der Waals surface area contributed by atoms with Crippen LogP contribution in [0, 0.1) is 0 Å². The molecule has 0 unspecified atom stereocenters. The van der Waals surface area contributed by atoms with Gasteiger partial charge in [0.15, 0.2) is 0 Å². The molecule has 13 heavy (non-hydrogen) atoms. The second-order valence-electron chi connectivity index (χ2n) is 3.00. The Balaban J connectivity index is 2.56. The van der Waals surface area contributed by atoms with Gasteiger partial charge in [0.2, 0.25) is 0 Å². The van der Waals surface area contributed by atoms with Gasteiger partial charge in [0, 0.05) is 18.0 Å². The van der Waals surface area contributed by atoms with Gasteiger partial charge in [-0.15, -0.1) is 0 Å². The van der Waals surface area contributed by atoms with Crippen LogP contribution >= 0.6 is 0 Å². The van der Waals surface area contributed by atoms with Crippen molar-refractivity contribution in [2.75, 3.05) is 7.05 Å². The second-order valence-corrected chi connectivity index (χ2v) is 3.00. The molecule has 2 aromatic rings. The summed E-state index contributed by atoms with van der Waals surface area (Å²) in [5.74, 6) is 0. The van der Waals surface area contributed by atoms with Crippen molar-refractivity contribution in [1.82, 2.24) is 10.3 Å². The largest absolute Gasteiger partial charge is 0.387 e. The standard InChI is InChI=1S/C11H12N2/c1-8(12-2)11-7-9-5-3-4-6-10(9)13-11/h3-7,12-13H,1H2,2H3. The maximum atomic E-state index is 3.90. The summed E-state index contributed by atoms with van der Waals surface area (Å²) < 4.78 is 0. The summed E-state index contributed by atoms with van der Waals surface area (Å²) >= 11 is 0. The van der Waals surface area contributed by atoms with Crippen LogP contribution in [0.2, 0.25) is 0 Å². The van der Waals surface area contributed by atoms with Gasteiger partial charge in [-0.05, 0) is 12.1 Å². The molecular weight excluding hydrogens is 160 g/mol. The van der Waals surface area contributed by atoms with Crippen molar-refractivity contribution in [3.8, 4) is 0 Å². The van der Waals surface area contributed by atoms with E-state index in [9.17, 15) is 0 Å². The molecule has 1 aromatic heterocycles. The maximum Gasteiger partial charge on any atom is 0.0620 e. The normalized spacial score (nSPS) is 10.2. The lowest BCUT2D eigenvalue weighted by atomic mass is 10.2. The average molecular weight is 172 g/mol. The molecule has 2 rings (SSSR count). The first-order valence-corrected chi connectivity index (χ1v) is 4.26. The van der Waals surface area contributed by atoms with E-state index < -0.39 is 0 Å². The molecule has 0 aliphatic carbocycles. The highest BCUT2D eigenvalue weighted by molar-refractivity contribution is 5.83. The summed E-state index contributed by atoms with van der Waals surface area (Å²) in [7, 11) is 1.87. The average Bonchev–Trinajstić information content (AvgIpc) is 2.59. The number of aromatic amines is 1. The van der Waals surface area contributed by atoms with Crippen LogP contribution in [0.3, 0.4) is 0 Å². The molecule has 0 aliphatic heterocycles. The van der Waals surface area contributed by atoms with Crippen LogP contribution in [0.15, 0.2) is 36.9 Å². The summed E-state index contributed by atoms with van der Waals surface area (Å²) in [6.07, 6.45) is 0. The van der Waals surface area contributed by atoms with E-state index in [0.717, 1.165) is 16.9 Å². The third-order valence-corrected chi connectivity index (χ3v) is 2.16. The number of fused-ring (bicyclic) bond motifs is 1. The van der Waals surface area contributed by atoms with Crippen molar-refractivity contribution in [2.24, 2.45) is 0 Å². The topological polar surface area (TPSA) is 27.8 Å². The molecule has 0 spiro atoms. The molecule has 0 fully saturated rings. The zero-order valence-electron chi connectivity index (χ0n) is 7.59. The number of para-hydroxylation sites is 1. The fourth-order valence-electron chi connectivity index (χ4n) is 1.37. The highest BCUT2D eigenvalue weighted by atomic mass is 14.9. The van der Waals surface area contributed by atoms with Gasteiger partial charge in [0.25, 0.3) is 0 Å². The smallest absolute Gasteiger partial charge is 0.0620 e. The first-order chi connectivity index (χ1) is 6.31. The third-order valence-electron chi connectivity index (χ3n) is 2.16. The predicted molar refractivity (Wildman–Crippen MR) is 56.4 cm³/mol. The van der Waals surface area contributed by atoms with Crippen molar-refractivity contribution >= 4 is 16.6 Å². The van der Waals surface area contributed by atoms with E-state index in [4.69, 9.17) is 0 Å². The quantitative estimate of drug-likeness (QED) is 0.715. The minimum atomic E-state index is 0.913. The minimum absolute atomic E-state index is 0.913. The predicted octanol–water partition coefficient (Wildman–Crippen LogP) is 2.36. The monoisotopic (exact) mass is 172 g/mol. The van der Waals surface area contributed by atoms with Gasteiger partial charge >= 0.3 is 0 Å². The van der Waals surface area contributed by atoms with E-state index in [1.807, 2.05) is 19.2 Å². The first-order valence-electron chi connectivity index (χ1n) is 4.26. The molecule has 1 aromatic carbocycles. The summed E-state index contributed by atoms with van der Waals surface area (Å²) in [5, 5.41) is 4.23. The summed E-state index contributed by atoms with van der Waals surface area (Å²) in [5.41, 5.74) is 3.11. The zero-order valence-corrected chi connectivity index (χ0v) is 7.59. The van der Waals surface area contributed by atoms with E-state index in [0.29, 0.717) is 0 Å². The Hall–Kier alpha value is -1.70. The van der Waals surface area contributed by atoms with Gasteiger partial charge in [-0.1, -0.05) is 24.8 Å². The molecule has 0 bridgehead atoms. The first kappa shape index (κ1) is 7.92. The third kappa shape index (κ3) is 1.31. The van der Waals surface area contributed by atoms with Gasteiger partial charge in [-0.2, -0.15) is 0 Å². The van der Waals surface area contributed by atoms with Crippen molar-refractivity contribution in [3.63, 3.8) is 0 Å². The van der Waals surface area contributed by atoms with E-state index in [-0.39, 0.29) is 0 Å². The van der Waals surface area contributed by atoms with Crippen LogP contribution in [0.5, 0.6) is 0 Å². The van der Waals surface area contributed by atoms with Crippen LogP contribution in [0.1, 0.15) is 5.69 Å². The van der Waals surface area contributed by atoms with Crippen LogP contribution in [-0.2, 0) is 0 Å². The van der Waals surface area contributed by atoms with Gasteiger partial charge < -0.3 is 10.3 Å². The highest BCUT2D eigenvalue weighted by Gasteiger charge is 2.00. The van der Waals surface area contributed by atoms with Gasteiger partial charge in [-0.3, -0.25) is 0 Å². The molecule has 0 radical (unpaired) electrons. The molecule has 2 heteroatoms. The molecule has 0 atom stereocenters. The molecule has 66 valence electrons. The van der Waals surface area contributed by atoms with Gasteiger partial charge in [0.1, 0.15) is 0 Å². The van der Waals surface area contributed by atoms with Gasteiger partial charge in [0.05, 0.1) is 11.4 Å². The minimum Gasteiger partial charge on any atom is -0.387 e. The molecule has 0 amide bonds. The molecule has 1 heterocycles. The molecule has 0 aliphatic rings. The summed E-state index contributed by atoms with van der Waals surface area (Å²) in [4.78, 5) is 3.28.